The molecule has 0 fully saturated rings. The molecule has 1 aromatic carbocycles. The summed E-state index contributed by atoms with van der Waals surface area (Å²) in [6.45, 7) is 3.03. The third kappa shape index (κ3) is 3.59. The van der Waals surface area contributed by atoms with Gasteiger partial charge in [0.1, 0.15) is 12.2 Å². The molecule has 1 heterocycles. The molecule has 1 aromatic heterocycles. The topological polar surface area (TPSA) is 42.7 Å². The van der Waals surface area contributed by atoms with Crippen LogP contribution < -0.4 is 5.32 Å². The van der Waals surface area contributed by atoms with Crippen molar-refractivity contribution in [2.24, 2.45) is 0 Å². The smallest absolute Gasteiger partial charge is 0.138 e. The summed E-state index contributed by atoms with van der Waals surface area (Å²) in [6, 6.07) is 6.18. The highest BCUT2D eigenvalue weighted by Crippen LogP contribution is 2.27. The minimum Gasteiger partial charge on any atom is -0.313 e. The Morgan fingerprint density at radius 2 is 2.25 bits per heavy atom. The SMILES string of the molecule is CCCn1ncnc1CC(NC)c1ccc(Br)c(Cl)c1. The fourth-order valence-corrected chi connectivity index (χ4v) is 2.58. The first-order chi connectivity index (χ1) is 9.65. The summed E-state index contributed by atoms with van der Waals surface area (Å²) in [5.41, 5.74) is 1.15. The van der Waals surface area contributed by atoms with Gasteiger partial charge in [-0.2, -0.15) is 5.10 Å². The first-order valence-corrected chi connectivity index (χ1v) is 7.81. The summed E-state index contributed by atoms with van der Waals surface area (Å²) in [7, 11) is 1.95. The van der Waals surface area contributed by atoms with Crippen molar-refractivity contribution in [3.63, 3.8) is 0 Å². The van der Waals surface area contributed by atoms with E-state index in [0.717, 1.165) is 40.3 Å². The zero-order chi connectivity index (χ0) is 14.5. The molecule has 108 valence electrons. The average Bonchev–Trinajstić information content (AvgIpc) is 2.87. The van der Waals surface area contributed by atoms with Crippen LogP contribution in [-0.4, -0.2) is 21.8 Å². The van der Waals surface area contributed by atoms with Crippen molar-refractivity contribution < 1.29 is 0 Å². The summed E-state index contributed by atoms with van der Waals surface area (Å²) < 4.78 is 2.87. The van der Waals surface area contributed by atoms with Crippen molar-refractivity contribution >= 4 is 27.5 Å². The molecule has 0 aliphatic rings. The fourth-order valence-electron chi connectivity index (χ4n) is 2.14. The van der Waals surface area contributed by atoms with Gasteiger partial charge >= 0.3 is 0 Å². The number of halogens is 2. The zero-order valence-corrected chi connectivity index (χ0v) is 13.9. The Labute approximate surface area is 132 Å². The molecular formula is C14H18BrClN4. The summed E-state index contributed by atoms with van der Waals surface area (Å²) in [5.74, 6) is 0.991. The molecule has 1 atom stereocenters. The van der Waals surface area contributed by atoms with Crippen LogP contribution in [0.3, 0.4) is 0 Å². The maximum atomic E-state index is 6.17. The van der Waals surface area contributed by atoms with Gasteiger partial charge in [-0.1, -0.05) is 24.6 Å². The molecule has 0 saturated heterocycles. The van der Waals surface area contributed by atoms with Crippen molar-refractivity contribution in [1.82, 2.24) is 20.1 Å². The molecule has 0 bridgehead atoms. The van der Waals surface area contributed by atoms with Crippen LogP contribution in [0, 0.1) is 0 Å². The number of rotatable bonds is 6. The van der Waals surface area contributed by atoms with Gasteiger partial charge in [-0.05, 0) is 47.1 Å². The van der Waals surface area contributed by atoms with Crippen LogP contribution in [0.5, 0.6) is 0 Å². The molecule has 0 aliphatic heterocycles. The van der Waals surface area contributed by atoms with Crippen LogP contribution >= 0.6 is 27.5 Å². The lowest BCUT2D eigenvalue weighted by Gasteiger charge is -2.17. The molecule has 2 aromatic rings. The molecule has 0 saturated carbocycles. The molecule has 0 radical (unpaired) electrons. The maximum Gasteiger partial charge on any atom is 0.138 e. The predicted octanol–water partition coefficient (Wildman–Crippen LogP) is 3.61. The molecule has 1 unspecified atom stereocenters. The molecule has 0 amide bonds. The monoisotopic (exact) mass is 356 g/mol. The number of benzene rings is 1. The van der Waals surface area contributed by atoms with Crippen molar-refractivity contribution in [1.29, 1.82) is 0 Å². The Hall–Kier alpha value is -0.910. The molecule has 2 rings (SSSR count). The quantitative estimate of drug-likeness (QED) is 0.859. The molecule has 6 heteroatoms. The van der Waals surface area contributed by atoms with Crippen LogP contribution in [0.1, 0.15) is 30.8 Å². The van der Waals surface area contributed by atoms with E-state index in [1.165, 1.54) is 0 Å². The lowest BCUT2D eigenvalue weighted by Crippen LogP contribution is -2.21. The largest absolute Gasteiger partial charge is 0.313 e. The van der Waals surface area contributed by atoms with E-state index in [9.17, 15) is 0 Å². The number of hydrogen-bond donors (Lipinski definition) is 1. The molecule has 1 N–H and O–H groups in total. The third-order valence-corrected chi connectivity index (χ3v) is 4.44. The Morgan fingerprint density at radius 1 is 1.45 bits per heavy atom. The minimum absolute atomic E-state index is 0.167. The molecule has 20 heavy (non-hydrogen) atoms. The average molecular weight is 358 g/mol. The second kappa shape index (κ2) is 7.20. The highest BCUT2D eigenvalue weighted by molar-refractivity contribution is 9.10. The fraction of sp³-hybridized carbons (Fsp3) is 0.429. The van der Waals surface area contributed by atoms with Crippen LogP contribution in [0.15, 0.2) is 29.0 Å². The van der Waals surface area contributed by atoms with Crippen LogP contribution in [-0.2, 0) is 13.0 Å². The third-order valence-electron chi connectivity index (χ3n) is 3.21. The Morgan fingerprint density at radius 3 is 2.90 bits per heavy atom. The second-order valence-corrected chi connectivity index (χ2v) is 5.88. The standard InChI is InChI=1S/C14H18BrClN4/c1-3-6-20-14(18-9-19-20)8-13(17-2)10-4-5-11(15)12(16)7-10/h4-5,7,9,13,17H,3,6,8H2,1-2H3. The van der Waals surface area contributed by atoms with E-state index in [1.54, 1.807) is 6.33 Å². The summed E-state index contributed by atoms with van der Waals surface area (Å²) >= 11 is 9.58. The molecule has 0 spiro atoms. The van der Waals surface area contributed by atoms with Crippen molar-refractivity contribution in [2.45, 2.75) is 32.4 Å². The number of aryl methyl sites for hydroxylation is 1. The van der Waals surface area contributed by atoms with Gasteiger partial charge in [0.25, 0.3) is 0 Å². The summed E-state index contributed by atoms with van der Waals surface area (Å²) in [6.07, 6.45) is 3.45. The lowest BCUT2D eigenvalue weighted by molar-refractivity contribution is 0.517. The van der Waals surface area contributed by atoms with Crippen molar-refractivity contribution in [3.8, 4) is 0 Å². The molecule has 0 aliphatic carbocycles. The van der Waals surface area contributed by atoms with Gasteiger partial charge in [0, 0.05) is 23.5 Å². The second-order valence-electron chi connectivity index (χ2n) is 4.62. The van der Waals surface area contributed by atoms with Gasteiger partial charge in [0.2, 0.25) is 0 Å². The zero-order valence-electron chi connectivity index (χ0n) is 11.6. The van der Waals surface area contributed by atoms with E-state index in [2.05, 4.69) is 44.3 Å². The van der Waals surface area contributed by atoms with Gasteiger partial charge in [0.05, 0.1) is 5.02 Å². The van der Waals surface area contributed by atoms with Crippen molar-refractivity contribution in [2.75, 3.05) is 7.05 Å². The molecular weight excluding hydrogens is 340 g/mol. The van der Waals surface area contributed by atoms with Crippen LogP contribution in [0.2, 0.25) is 5.02 Å². The lowest BCUT2D eigenvalue weighted by atomic mass is 10.0. The van der Waals surface area contributed by atoms with Crippen molar-refractivity contribution in [3.05, 3.63) is 45.4 Å². The van der Waals surface area contributed by atoms with Gasteiger partial charge in [0.15, 0.2) is 0 Å². The van der Waals surface area contributed by atoms with E-state index >= 15 is 0 Å². The minimum atomic E-state index is 0.167. The number of nitrogens with zero attached hydrogens (tertiary/aromatic N) is 3. The number of likely N-dealkylation sites (N-methyl/N-ethyl adjacent to an activating group) is 1. The first kappa shape index (κ1) is 15.5. The predicted molar refractivity (Wildman–Crippen MR) is 85.0 cm³/mol. The highest BCUT2D eigenvalue weighted by Gasteiger charge is 2.15. The normalized spacial score (nSPS) is 12.6. The summed E-state index contributed by atoms with van der Waals surface area (Å²) in [4.78, 5) is 4.36. The number of hydrogen-bond acceptors (Lipinski definition) is 3. The Bertz CT molecular complexity index is 570. The van der Waals surface area contributed by atoms with Gasteiger partial charge < -0.3 is 5.32 Å². The molecule has 4 nitrogen and oxygen atoms in total. The van der Waals surface area contributed by atoms with E-state index in [-0.39, 0.29) is 6.04 Å². The van der Waals surface area contributed by atoms with Gasteiger partial charge in [-0.3, -0.25) is 4.68 Å². The van der Waals surface area contributed by atoms with E-state index in [1.807, 2.05) is 23.9 Å². The summed E-state index contributed by atoms with van der Waals surface area (Å²) in [5, 5.41) is 8.30. The van der Waals surface area contributed by atoms with Crippen LogP contribution in [0.4, 0.5) is 0 Å². The van der Waals surface area contributed by atoms with E-state index in [4.69, 9.17) is 11.6 Å². The number of aromatic nitrogens is 3. The maximum absolute atomic E-state index is 6.17. The van der Waals surface area contributed by atoms with Crippen LogP contribution in [0.25, 0.3) is 0 Å². The van der Waals surface area contributed by atoms with E-state index < -0.39 is 0 Å². The Balaban J connectivity index is 2.19. The first-order valence-electron chi connectivity index (χ1n) is 6.64. The number of nitrogens with one attached hydrogen (secondary N) is 1. The van der Waals surface area contributed by atoms with E-state index in [0.29, 0.717) is 0 Å². The van der Waals surface area contributed by atoms with Gasteiger partial charge in [-0.25, -0.2) is 4.98 Å². The van der Waals surface area contributed by atoms with Gasteiger partial charge in [-0.15, -0.1) is 0 Å². The highest BCUT2D eigenvalue weighted by atomic mass is 79.9. The Kier molecular flexibility index (Phi) is 5.57.